The average Bonchev–Trinajstić information content (AvgIpc) is 2.82. The zero-order chi connectivity index (χ0) is 14.4. The molecule has 2 N–H and O–H groups in total. The SMILES string of the molecule is O=C(O)C1CC(O)CN1S(=O)(=O)c1cc(Br)sc1Br. The van der Waals surface area contributed by atoms with Crippen molar-refractivity contribution in [1.29, 1.82) is 0 Å². The molecule has 1 fully saturated rings. The highest BCUT2D eigenvalue weighted by molar-refractivity contribution is 9.12. The van der Waals surface area contributed by atoms with E-state index in [2.05, 4.69) is 31.9 Å². The molecular formula is C9H9Br2NO5S2. The Balaban J connectivity index is 2.44. The quantitative estimate of drug-likeness (QED) is 0.751. The van der Waals surface area contributed by atoms with Crippen LogP contribution in [0.15, 0.2) is 18.5 Å². The van der Waals surface area contributed by atoms with Gasteiger partial charge in [0.25, 0.3) is 0 Å². The van der Waals surface area contributed by atoms with Crippen LogP contribution in [0.4, 0.5) is 0 Å². The smallest absolute Gasteiger partial charge is 0.322 e. The van der Waals surface area contributed by atoms with Crippen molar-refractivity contribution in [1.82, 2.24) is 4.31 Å². The molecule has 0 saturated carbocycles. The van der Waals surface area contributed by atoms with Gasteiger partial charge in [0.2, 0.25) is 10.0 Å². The minimum absolute atomic E-state index is 0.00438. The molecule has 0 bridgehead atoms. The number of β-amino-alcohol motifs (C(OH)–C–C–N with tert-alkyl or cyclic N) is 1. The normalized spacial score (nSPS) is 24.8. The maximum atomic E-state index is 12.4. The van der Waals surface area contributed by atoms with Gasteiger partial charge in [-0.25, -0.2) is 8.42 Å². The Hall–Kier alpha value is -0.000000000000000333. The molecule has 2 unspecified atom stereocenters. The summed E-state index contributed by atoms with van der Waals surface area (Å²) >= 11 is 7.51. The molecule has 1 saturated heterocycles. The van der Waals surface area contributed by atoms with Crippen LogP contribution >= 0.6 is 43.2 Å². The highest BCUT2D eigenvalue weighted by atomic mass is 79.9. The number of thiophene rings is 1. The molecular weight excluding hydrogens is 426 g/mol. The second-order valence-electron chi connectivity index (χ2n) is 4.01. The van der Waals surface area contributed by atoms with Gasteiger partial charge in [0, 0.05) is 13.0 Å². The number of rotatable bonds is 3. The van der Waals surface area contributed by atoms with Crippen molar-refractivity contribution in [2.75, 3.05) is 6.54 Å². The monoisotopic (exact) mass is 433 g/mol. The van der Waals surface area contributed by atoms with Crippen molar-refractivity contribution >= 4 is 59.2 Å². The fourth-order valence-electron chi connectivity index (χ4n) is 1.90. The van der Waals surface area contributed by atoms with Gasteiger partial charge in [0.1, 0.15) is 10.9 Å². The maximum Gasteiger partial charge on any atom is 0.322 e. The Morgan fingerprint density at radius 2 is 2.11 bits per heavy atom. The molecule has 1 aromatic rings. The number of hydrogen-bond acceptors (Lipinski definition) is 5. The largest absolute Gasteiger partial charge is 0.480 e. The number of hydrogen-bond donors (Lipinski definition) is 2. The summed E-state index contributed by atoms with van der Waals surface area (Å²) in [5.74, 6) is -1.26. The van der Waals surface area contributed by atoms with E-state index in [0.717, 1.165) is 4.31 Å². The van der Waals surface area contributed by atoms with E-state index in [1.165, 1.54) is 17.4 Å². The molecule has 0 aromatic carbocycles. The minimum atomic E-state index is -3.95. The van der Waals surface area contributed by atoms with E-state index in [4.69, 9.17) is 5.11 Å². The second kappa shape index (κ2) is 5.41. The Morgan fingerprint density at radius 3 is 2.58 bits per heavy atom. The first-order chi connectivity index (χ1) is 8.73. The third-order valence-corrected chi connectivity index (χ3v) is 7.36. The van der Waals surface area contributed by atoms with Crippen LogP contribution < -0.4 is 0 Å². The molecule has 6 nitrogen and oxygen atoms in total. The predicted octanol–water partition coefficient (Wildman–Crippen LogP) is 1.48. The molecule has 0 aliphatic carbocycles. The van der Waals surface area contributed by atoms with Gasteiger partial charge in [-0.1, -0.05) is 0 Å². The number of carboxylic acid groups (broad SMARTS) is 1. The second-order valence-corrected chi connectivity index (χ2v) is 9.62. The summed E-state index contributed by atoms with van der Waals surface area (Å²) in [5, 5.41) is 18.6. The van der Waals surface area contributed by atoms with Crippen LogP contribution in [0.1, 0.15) is 6.42 Å². The molecule has 19 heavy (non-hydrogen) atoms. The first-order valence-electron chi connectivity index (χ1n) is 5.11. The van der Waals surface area contributed by atoms with E-state index in [9.17, 15) is 18.3 Å². The summed E-state index contributed by atoms with van der Waals surface area (Å²) in [7, 11) is -3.95. The maximum absolute atomic E-state index is 12.4. The minimum Gasteiger partial charge on any atom is -0.480 e. The van der Waals surface area contributed by atoms with Gasteiger partial charge < -0.3 is 10.2 Å². The van der Waals surface area contributed by atoms with Gasteiger partial charge in [-0.15, -0.1) is 11.3 Å². The van der Waals surface area contributed by atoms with E-state index < -0.39 is 28.1 Å². The van der Waals surface area contributed by atoms with Crippen LogP contribution in [0, 0.1) is 0 Å². The third kappa shape index (κ3) is 2.88. The molecule has 1 aliphatic heterocycles. The van der Waals surface area contributed by atoms with Gasteiger partial charge in [0.05, 0.1) is 13.7 Å². The van der Waals surface area contributed by atoms with Gasteiger partial charge >= 0.3 is 5.97 Å². The summed E-state index contributed by atoms with van der Waals surface area (Å²) in [6, 6.07) is 0.179. The number of sulfonamides is 1. The fourth-order valence-corrected chi connectivity index (χ4v) is 7.30. The molecule has 2 atom stereocenters. The van der Waals surface area contributed by atoms with Crippen LogP contribution in [-0.2, 0) is 14.8 Å². The lowest BCUT2D eigenvalue weighted by Gasteiger charge is -2.20. The zero-order valence-electron chi connectivity index (χ0n) is 9.29. The van der Waals surface area contributed by atoms with Crippen molar-refractivity contribution in [3.8, 4) is 0 Å². The summed E-state index contributed by atoms with van der Waals surface area (Å²) in [6.07, 6.45) is -1.06. The molecule has 0 radical (unpaired) electrons. The zero-order valence-corrected chi connectivity index (χ0v) is 14.1. The van der Waals surface area contributed by atoms with Crippen LogP contribution in [0.2, 0.25) is 0 Å². The van der Waals surface area contributed by atoms with Crippen LogP contribution in [0.5, 0.6) is 0 Å². The van der Waals surface area contributed by atoms with Gasteiger partial charge in [0.15, 0.2) is 0 Å². The van der Waals surface area contributed by atoms with Crippen LogP contribution in [-0.4, -0.2) is 47.6 Å². The lowest BCUT2D eigenvalue weighted by Crippen LogP contribution is -2.40. The van der Waals surface area contributed by atoms with Crippen molar-refractivity contribution in [3.63, 3.8) is 0 Å². The van der Waals surface area contributed by atoms with E-state index in [1.54, 1.807) is 0 Å². The number of halogens is 2. The van der Waals surface area contributed by atoms with Crippen molar-refractivity contribution < 1.29 is 23.4 Å². The van der Waals surface area contributed by atoms with E-state index >= 15 is 0 Å². The molecule has 10 heteroatoms. The summed E-state index contributed by atoms with van der Waals surface area (Å²) < 4.78 is 26.7. The Labute approximate surface area is 130 Å². The first-order valence-corrected chi connectivity index (χ1v) is 8.95. The standard InChI is InChI=1S/C9H9Br2NO5S2/c10-7-2-6(8(11)18-7)19(16,17)12-3-4(13)1-5(12)9(14)15/h2,4-5,13H,1,3H2,(H,14,15). The highest BCUT2D eigenvalue weighted by Gasteiger charge is 2.44. The Bertz CT molecular complexity index is 614. The third-order valence-electron chi connectivity index (χ3n) is 2.73. The van der Waals surface area contributed by atoms with Crippen molar-refractivity contribution in [3.05, 3.63) is 13.6 Å². The van der Waals surface area contributed by atoms with E-state index in [1.807, 2.05) is 0 Å². The lowest BCUT2D eigenvalue weighted by atomic mass is 10.2. The van der Waals surface area contributed by atoms with Crippen LogP contribution in [0.25, 0.3) is 0 Å². The Kier molecular flexibility index (Phi) is 4.38. The van der Waals surface area contributed by atoms with Gasteiger partial charge in [-0.3, -0.25) is 4.79 Å². The molecule has 1 aromatic heterocycles. The summed E-state index contributed by atoms with van der Waals surface area (Å²) in [4.78, 5) is 11.1. The average molecular weight is 435 g/mol. The molecule has 106 valence electrons. The highest BCUT2D eigenvalue weighted by Crippen LogP contribution is 2.38. The Morgan fingerprint density at radius 1 is 1.47 bits per heavy atom. The predicted molar refractivity (Wildman–Crippen MR) is 75.7 cm³/mol. The van der Waals surface area contributed by atoms with E-state index in [0.29, 0.717) is 7.57 Å². The molecule has 2 heterocycles. The molecule has 1 aliphatic rings. The van der Waals surface area contributed by atoms with Crippen molar-refractivity contribution in [2.24, 2.45) is 0 Å². The van der Waals surface area contributed by atoms with Crippen molar-refractivity contribution in [2.45, 2.75) is 23.5 Å². The number of aliphatic hydroxyl groups is 1. The number of aliphatic carboxylic acids is 1. The van der Waals surface area contributed by atoms with Crippen LogP contribution in [0.3, 0.4) is 0 Å². The number of carboxylic acids is 1. The van der Waals surface area contributed by atoms with Gasteiger partial charge in [-0.05, 0) is 37.9 Å². The van der Waals surface area contributed by atoms with E-state index in [-0.39, 0.29) is 17.9 Å². The topological polar surface area (TPSA) is 94.9 Å². The summed E-state index contributed by atoms with van der Waals surface area (Å²) in [5.41, 5.74) is 0. The van der Waals surface area contributed by atoms with Gasteiger partial charge in [-0.2, -0.15) is 4.31 Å². The molecule has 0 spiro atoms. The lowest BCUT2D eigenvalue weighted by molar-refractivity contribution is -0.140. The number of carbonyl (C=O) groups is 1. The number of aliphatic hydroxyl groups excluding tert-OH is 1. The first kappa shape index (κ1) is 15.4. The molecule has 2 rings (SSSR count). The molecule has 0 amide bonds. The number of nitrogens with zero attached hydrogens (tertiary/aromatic N) is 1. The summed E-state index contributed by atoms with van der Waals surface area (Å²) in [6.45, 7) is -0.209. The fraction of sp³-hybridized carbons (Fsp3) is 0.444.